The van der Waals surface area contributed by atoms with E-state index in [1.165, 1.54) is 55.5 Å². The molecule has 2 aliphatic carbocycles. The molecule has 0 bridgehead atoms. The monoisotopic (exact) mass is 461 g/mol. The first kappa shape index (κ1) is 23.6. The van der Waals surface area contributed by atoms with Crippen LogP contribution < -0.4 is 0 Å². The summed E-state index contributed by atoms with van der Waals surface area (Å²) in [6.07, 6.45) is 16.5. The van der Waals surface area contributed by atoms with Gasteiger partial charge in [0.15, 0.2) is 0 Å². The van der Waals surface area contributed by atoms with Gasteiger partial charge in [0.25, 0.3) is 0 Å². The summed E-state index contributed by atoms with van der Waals surface area (Å²) in [5, 5.41) is 0.228. The van der Waals surface area contributed by atoms with Crippen LogP contribution in [0.2, 0.25) is 25.7 Å². The third-order valence-corrected chi connectivity index (χ3v) is 13.0. The van der Waals surface area contributed by atoms with Gasteiger partial charge in [-0.15, -0.1) is 0 Å². The van der Waals surface area contributed by atoms with E-state index in [4.69, 9.17) is 0 Å². The minimum absolute atomic E-state index is 0.228. The van der Waals surface area contributed by atoms with E-state index in [1.54, 1.807) is 28.1 Å². The maximum Gasteiger partial charge on any atom is 0.0541 e. The van der Waals surface area contributed by atoms with Crippen LogP contribution in [-0.4, -0.2) is 22.2 Å². The van der Waals surface area contributed by atoms with Gasteiger partial charge in [0.2, 0.25) is 0 Å². The molecule has 4 rings (SSSR count). The molecule has 0 saturated carbocycles. The predicted octanol–water partition coefficient (Wildman–Crippen LogP) is 7.68. The molecule has 0 spiro atoms. The molecule has 1 nitrogen and oxygen atoms in total. The van der Waals surface area contributed by atoms with Crippen LogP contribution in [0.5, 0.6) is 0 Å². The molecule has 172 valence electrons. The summed E-state index contributed by atoms with van der Waals surface area (Å²) in [4.78, 5) is 0. The summed E-state index contributed by atoms with van der Waals surface area (Å²) in [6.45, 7) is 14.9. The van der Waals surface area contributed by atoms with Crippen LogP contribution in [0.1, 0.15) is 75.3 Å². The lowest BCUT2D eigenvalue weighted by molar-refractivity contribution is 0.649. The van der Waals surface area contributed by atoms with Crippen LogP contribution in [0.4, 0.5) is 0 Å². The van der Waals surface area contributed by atoms with Gasteiger partial charge in [-0.05, 0) is 24.1 Å². The topological polar surface area (TPSA) is 4.93 Å². The minimum Gasteiger partial charge on any atom is -0.347 e. The quantitative estimate of drug-likeness (QED) is 0.266. The second kappa shape index (κ2) is 9.73. The molecule has 1 unspecified atom stereocenters. The van der Waals surface area contributed by atoms with E-state index in [0.717, 1.165) is 6.42 Å². The Hall–Kier alpha value is -1.59. The molecule has 32 heavy (non-hydrogen) atoms. The van der Waals surface area contributed by atoms with Gasteiger partial charge in [-0.1, -0.05) is 114 Å². The second-order valence-corrected chi connectivity index (χ2v) is 17.6. The minimum atomic E-state index is -1.05. The molecule has 0 saturated heterocycles. The molecule has 3 heteroatoms. The maximum absolute atomic E-state index is 2.77. The standard InChI is InChI=1S/C29H43NSi2/c1-7-8-9-10-13-19-32(6)29(3)25-17-12-11-16-23(25)28-27(29)24-20-22(2)15-14-18-26(24)30(28)21-31(4)5/h11-12,14-17,20,31-32H,7-10,13,18-19,21H2,1-6H3/t29?,32-/m0/s1. The Bertz CT molecular complexity index is 1030. The number of fused-ring (bicyclic) bond motifs is 5. The van der Waals surface area contributed by atoms with Crippen LogP contribution in [0.25, 0.3) is 17.3 Å². The number of nitrogens with zero attached hydrogens (tertiary/aromatic N) is 1. The Balaban J connectivity index is 1.85. The van der Waals surface area contributed by atoms with Gasteiger partial charge in [-0.3, -0.25) is 0 Å². The molecule has 2 aliphatic rings. The molecule has 2 aromatic rings. The van der Waals surface area contributed by atoms with Crippen LogP contribution in [0.3, 0.4) is 0 Å². The van der Waals surface area contributed by atoms with E-state index in [9.17, 15) is 0 Å². The van der Waals surface area contributed by atoms with Crippen molar-refractivity contribution in [3.8, 4) is 11.3 Å². The summed E-state index contributed by atoms with van der Waals surface area (Å²) in [7, 11) is -1.81. The van der Waals surface area contributed by atoms with Crippen LogP contribution in [0.15, 0.2) is 42.0 Å². The van der Waals surface area contributed by atoms with Crippen molar-refractivity contribution in [2.75, 3.05) is 0 Å². The maximum atomic E-state index is 2.77. The van der Waals surface area contributed by atoms with E-state index >= 15 is 0 Å². The number of hydrogen-bond donors (Lipinski definition) is 0. The molecular weight excluding hydrogens is 418 g/mol. The van der Waals surface area contributed by atoms with Crippen molar-refractivity contribution >= 4 is 23.7 Å². The lowest BCUT2D eigenvalue weighted by Crippen LogP contribution is -2.38. The van der Waals surface area contributed by atoms with E-state index < -0.39 is 17.6 Å². The Kier molecular flexibility index (Phi) is 7.16. The van der Waals surface area contributed by atoms with E-state index in [2.05, 4.69) is 87.5 Å². The fraction of sp³-hybridized carbons (Fsp3) is 0.517. The van der Waals surface area contributed by atoms with Crippen molar-refractivity contribution in [1.29, 1.82) is 0 Å². The van der Waals surface area contributed by atoms with Crippen LogP contribution in [-0.2, 0) is 17.6 Å². The number of rotatable bonds is 9. The van der Waals surface area contributed by atoms with Crippen LogP contribution >= 0.6 is 0 Å². The largest absolute Gasteiger partial charge is 0.347 e. The summed E-state index contributed by atoms with van der Waals surface area (Å²) >= 11 is 0. The molecule has 0 N–H and O–H groups in total. The zero-order chi connectivity index (χ0) is 22.9. The van der Waals surface area contributed by atoms with Crippen molar-refractivity contribution in [3.63, 3.8) is 0 Å². The predicted molar refractivity (Wildman–Crippen MR) is 148 cm³/mol. The average Bonchev–Trinajstić information content (AvgIpc) is 3.10. The molecule has 0 fully saturated rings. The normalized spacial score (nSPS) is 20.0. The van der Waals surface area contributed by atoms with Gasteiger partial charge < -0.3 is 4.57 Å². The fourth-order valence-corrected chi connectivity index (χ4v) is 10.4. The Morgan fingerprint density at radius 2 is 1.78 bits per heavy atom. The molecule has 1 aromatic carbocycles. The van der Waals surface area contributed by atoms with Crippen LogP contribution in [0, 0.1) is 0 Å². The summed E-state index contributed by atoms with van der Waals surface area (Å²) < 4.78 is 2.77. The highest BCUT2D eigenvalue weighted by molar-refractivity contribution is 6.62. The van der Waals surface area contributed by atoms with E-state index in [0.29, 0.717) is 0 Å². The number of unbranched alkanes of at least 4 members (excludes halogenated alkanes) is 4. The highest BCUT2D eigenvalue weighted by Gasteiger charge is 2.47. The number of allylic oxidation sites excluding steroid dienone is 3. The zero-order valence-corrected chi connectivity index (χ0v) is 23.6. The summed E-state index contributed by atoms with van der Waals surface area (Å²) in [5.41, 5.74) is 11.0. The highest BCUT2D eigenvalue weighted by Crippen LogP contribution is 2.54. The van der Waals surface area contributed by atoms with Gasteiger partial charge in [-0.2, -0.15) is 0 Å². The summed E-state index contributed by atoms with van der Waals surface area (Å²) in [5.74, 6) is 0. The van der Waals surface area contributed by atoms with Gasteiger partial charge in [0.1, 0.15) is 0 Å². The third kappa shape index (κ3) is 4.07. The smallest absolute Gasteiger partial charge is 0.0541 e. The van der Waals surface area contributed by atoms with Crippen molar-refractivity contribution in [2.24, 2.45) is 0 Å². The molecule has 0 radical (unpaired) electrons. The van der Waals surface area contributed by atoms with Crippen molar-refractivity contribution in [3.05, 3.63) is 64.4 Å². The number of aromatic nitrogens is 1. The van der Waals surface area contributed by atoms with Gasteiger partial charge in [0, 0.05) is 34.4 Å². The van der Waals surface area contributed by atoms with Crippen molar-refractivity contribution < 1.29 is 0 Å². The molecule has 1 heterocycles. The number of benzene rings is 1. The van der Waals surface area contributed by atoms with Gasteiger partial charge >= 0.3 is 0 Å². The first-order valence-corrected chi connectivity index (χ1v) is 18.8. The van der Waals surface area contributed by atoms with Gasteiger partial charge in [0.05, 0.1) is 23.3 Å². The number of hydrogen-bond acceptors (Lipinski definition) is 0. The molecule has 1 aromatic heterocycles. The SMILES string of the molecule is CCCCCCC[Si@H](C)C1(C)c2ccccc2-c2c1c1c(n2C[SiH](C)C)CC=CC(C)=C1. The molecule has 0 aliphatic heterocycles. The molecule has 2 atom stereocenters. The van der Waals surface area contributed by atoms with Gasteiger partial charge in [-0.25, -0.2) is 0 Å². The Labute approximate surface area is 199 Å². The van der Waals surface area contributed by atoms with Crippen molar-refractivity contribution in [1.82, 2.24) is 4.57 Å². The highest BCUT2D eigenvalue weighted by atomic mass is 28.3. The first-order chi connectivity index (χ1) is 15.4. The third-order valence-electron chi connectivity index (χ3n) is 8.01. The first-order valence-electron chi connectivity index (χ1n) is 13.1. The fourth-order valence-electron chi connectivity index (χ4n) is 6.20. The summed E-state index contributed by atoms with van der Waals surface area (Å²) in [6, 6.07) is 10.9. The zero-order valence-electron chi connectivity index (χ0n) is 21.3. The Morgan fingerprint density at radius 1 is 1.03 bits per heavy atom. The van der Waals surface area contributed by atoms with Crippen molar-refractivity contribution in [2.45, 2.75) is 96.2 Å². The lowest BCUT2D eigenvalue weighted by atomic mass is 9.93. The Morgan fingerprint density at radius 3 is 2.53 bits per heavy atom. The van der Waals surface area contributed by atoms with E-state index in [-0.39, 0.29) is 5.04 Å². The molecule has 0 amide bonds. The molecular formula is C29H43NSi2. The second-order valence-electron chi connectivity index (χ2n) is 10.9. The van der Waals surface area contributed by atoms with E-state index in [1.807, 2.05) is 0 Å². The average molecular weight is 462 g/mol. The lowest BCUT2D eigenvalue weighted by Gasteiger charge is -2.34.